The van der Waals surface area contributed by atoms with Gasteiger partial charge in [-0.25, -0.2) is 0 Å². The molecule has 0 amide bonds. The van der Waals surface area contributed by atoms with Gasteiger partial charge in [0.25, 0.3) is 0 Å². The molecule has 1 aliphatic rings. The molecule has 0 aliphatic heterocycles. The van der Waals surface area contributed by atoms with E-state index in [1.54, 1.807) is 0 Å². The van der Waals surface area contributed by atoms with Gasteiger partial charge in [0.15, 0.2) is 0 Å². The van der Waals surface area contributed by atoms with Gasteiger partial charge < -0.3 is 5.11 Å². The summed E-state index contributed by atoms with van der Waals surface area (Å²) < 4.78 is 1.07. The molecule has 1 nitrogen and oxygen atoms in total. The molecule has 1 N–H and O–H groups in total. The number of hydrogen-bond donors (Lipinski definition) is 1. The molecule has 1 aliphatic carbocycles. The molecule has 0 radical (unpaired) electrons. The summed E-state index contributed by atoms with van der Waals surface area (Å²) >= 11 is 2.28. The van der Waals surface area contributed by atoms with Crippen LogP contribution in [0, 0.1) is 10.5 Å². The summed E-state index contributed by atoms with van der Waals surface area (Å²) in [6, 6.07) is 2.16. The van der Waals surface area contributed by atoms with Gasteiger partial charge in [0, 0.05) is 0 Å². The van der Waals surface area contributed by atoms with E-state index in [0.29, 0.717) is 11.7 Å². The third kappa shape index (κ3) is 1.53. The number of phenols is 1. The van der Waals surface area contributed by atoms with Crippen LogP contribution in [0.3, 0.4) is 0 Å². The molecule has 0 heterocycles. The van der Waals surface area contributed by atoms with Crippen molar-refractivity contribution in [2.24, 2.45) is 0 Å². The highest BCUT2D eigenvalue weighted by molar-refractivity contribution is 14.1. The lowest BCUT2D eigenvalue weighted by Gasteiger charge is -2.25. The molecule has 2 heteroatoms. The van der Waals surface area contributed by atoms with Crippen LogP contribution >= 0.6 is 22.6 Å². The molecule has 1 aromatic rings. The van der Waals surface area contributed by atoms with Crippen LogP contribution in [0.4, 0.5) is 0 Å². The van der Waals surface area contributed by atoms with Gasteiger partial charge in [-0.3, -0.25) is 0 Å². The standard InChI is InChI=1S/C12H15IO/c1-7-4-3-5-9-6-8(2)12(14)11(13)10(7)9/h6-7,14H,3-5H2,1-2H3. The lowest BCUT2D eigenvalue weighted by atomic mass is 9.83. The summed E-state index contributed by atoms with van der Waals surface area (Å²) in [5, 5.41) is 9.87. The van der Waals surface area contributed by atoms with E-state index in [0.717, 1.165) is 9.13 Å². The number of aromatic hydroxyl groups is 1. The minimum Gasteiger partial charge on any atom is -0.507 e. The van der Waals surface area contributed by atoms with Crippen molar-refractivity contribution >= 4 is 22.6 Å². The number of phenolic OH excluding ortho intramolecular Hbond substituents is 1. The zero-order valence-electron chi connectivity index (χ0n) is 8.60. The molecule has 1 unspecified atom stereocenters. The van der Waals surface area contributed by atoms with E-state index in [4.69, 9.17) is 0 Å². The van der Waals surface area contributed by atoms with Crippen LogP contribution in [-0.2, 0) is 6.42 Å². The summed E-state index contributed by atoms with van der Waals surface area (Å²) in [5.41, 5.74) is 3.85. The summed E-state index contributed by atoms with van der Waals surface area (Å²) in [6.07, 6.45) is 3.72. The fourth-order valence-electron chi connectivity index (χ4n) is 2.33. The SMILES string of the molecule is Cc1cc2c(c(I)c1O)C(C)CCC2. The molecule has 14 heavy (non-hydrogen) atoms. The lowest BCUT2D eigenvalue weighted by molar-refractivity contribution is 0.462. The third-order valence-corrected chi connectivity index (χ3v) is 4.22. The van der Waals surface area contributed by atoms with Crippen LogP contribution in [0.5, 0.6) is 5.75 Å². The number of fused-ring (bicyclic) bond motifs is 1. The molecule has 0 bridgehead atoms. The second-order valence-electron chi connectivity index (χ2n) is 4.22. The van der Waals surface area contributed by atoms with E-state index < -0.39 is 0 Å². The molecule has 0 saturated heterocycles. The van der Waals surface area contributed by atoms with Gasteiger partial charge in [-0.1, -0.05) is 13.0 Å². The predicted octanol–water partition coefficient (Wildman–Crippen LogP) is 3.75. The zero-order valence-corrected chi connectivity index (χ0v) is 10.8. The van der Waals surface area contributed by atoms with Gasteiger partial charge in [0.05, 0.1) is 3.57 Å². The number of aryl methyl sites for hydroxylation is 2. The molecular formula is C12H15IO. The Morgan fingerprint density at radius 1 is 1.50 bits per heavy atom. The Morgan fingerprint density at radius 2 is 2.21 bits per heavy atom. The van der Waals surface area contributed by atoms with Gasteiger partial charge in [0.1, 0.15) is 5.75 Å². The maximum absolute atomic E-state index is 9.87. The van der Waals surface area contributed by atoms with Gasteiger partial charge in [-0.2, -0.15) is 0 Å². The zero-order chi connectivity index (χ0) is 10.3. The summed E-state index contributed by atoms with van der Waals surface area (Å²) in [5.74, 6) is 1.09. The molecule has 0 aromatic heterocycles. The molecule has 76 valence electrons. The first-order valence-electron chi connectivity index (χ1n) is 5.12. The minimum atomic E-state index is 0.484. The first-order chi connectivity index (χ1) is 6.61. The smallest absolute Gasteiger partial charge is 0.132 e. The highest BCUT2D eigenvalue weighted by Gasteiger charge is 2.21. The highest BCUT2D eigenvalue weighted by atomic mass is 127. The Bertz CT molecular complexity index is 371. The van der Waals surface area contributed by atoms with Crippen molar-refractivity contribution in [3.63, 3.8) is 0 Å². The van der Waals surface area contributed by atoms with Crippen LogP contribution in [-0.4, -0.2) is 5.11 Å². The molecule has 2 rings (SSSR count). The van der Waals surface area contributed by atoms with Crippen molar-refractivity contribution < 1.29 is 5.11 Å². The van der Waals surface area contributed by atoms with Crippen molar-refractivity contribution in [3.8, 4) is 5.75 Å². The Kier molecular flexibility index (Phi) is 2.73. The van der Waals surface area contributed by atoms with E-state index >= 15 is 0 Å². The average Bonchev–Trinajstić information content (AvgIpc) is 2.14. The van der Waals surface area contributed by atoms with Gasteiger partial charge in [0.2, 0.25) is 0 Å². The molecular weight excluding hydrogens is 287 g/mol. The van der Waals surface area contributed by atoms with Crippen LogP contribution in [0.15, 0.2) is 6.07 Å². The van der Waals surface area contributed by atoms with Gasteiger partial charge in [-0.05, 0) is 71.4 Å². The monoisotopic (exact) mass is 302 g/mol. The second-order valence-corrected chi connectivity index (χ2v) is 5.30. The van der Waals surface area contributed by atoms with Crippen molar-refractivity contribution in [2.75, 3.05) is 0 Å². The minimum absolute atomic E-state index is 0.484. The van der Waals surface area contributed by atoms with E-state index in [1.165, 1.54) is 30.4 Å². The number of halogens is 1. The van der Waals surface area contributed by atoms with E-state index in [2.05, 4.69) is 35.6 Å². The van der Waals surface area contributed by atoms with Crippen LogP contribution < -0.4 is 0 Å². The normalized spacial score (nSPS) is 20.6. The third-order valence-electron chi connectivity index (χ3n) is 3.13. The topological polar surface area (TPSA) is 20.2 Å². The maximum Gasteiger partial charge on any atom is 0.132 e. The first kappa shape index (κ1) is 10.3. The Hall–Kier alpha value is -0.250. The Morgan fingerprint density at radius 3 is 2.93 bits per heavy atom. The Labute approximate surface area is 98.7 Å². The van der Waals surface area contributed by atoms with Crippen molar-refractivity contribution in [1.29, 1.82) is 0 Å². The summed E-state index contributed by atoms with van der Waals surface area (Å²) in [6.45, 7) is 4.24. The molecule has 0 spiro atoms. The van der Waals surface area contributed by atoms with E-state index in [-0.39, 0.29) is 0 Å². The molecule has 0 fully saturated rings. The van der Waals surface area contributed by atoms with E-state index in [9.17, 15) is 5.11 Å². The van der Waals surface area contributed by atoms with Crippen molar-refractivity contribution in [1.82, 2.24) is 0 Å². The van der Waals surface area contributed by atoms with E-state index in [1.807, 2.05) is 6.92 Å². The van der Waals surface area contributed by atoms with Gasteiger partial charge in [-0.15, -0.1) is 0 Å². The highest BCUT2D eigenvalue weighted by Crippen LogP contribution is 2.39. The average molecular weight is 302 g/mol. The summed E-state index contributed by atoms with van der Waals surface area (Å²) in [4.78, 5) is 0. The van der Waals surface area contributed by atoms with Crippen LogP contribution in [0.2, 0.25) is 0 Å². The number of rotatable bonds is 0. The fraction of sp³-hybridized carbons (Fsp3) is 0.500. The molecule has 0 saturated carbocycles. The lowest BCUT2D eigenvalue weighted by Crippen LogP contribution is -2.09. The largest absolute Gasteiger partial charge is 0.507 e. The van der Waals surface area contributed by atoms with Crippen LogP contribution in [0.1, 0.15) is 42.4 Å². The number of benzene rings is 1. The van der Waals surface area contributed by atoms with Crippen molar-refractivity contribution in [3.05, 3.63) is 26.3 Å². The Balaban J connectivity index is 2.64. The molecule has 1 atom stereocenters. The summed E-state index contributed by atoms with van der Waals surface area (Å²) in [7, 11) is 0. The van der Waals surface area contributed by atoms with Gasteiger partial charge >= 0.3 is 0 Å². The second kappa shape index (κ2) is 3.72. The molecule has 1 aromatic carbocycles. The predicted molar refractivity (Wildman–Crippen MR) is 66.9 cm³/mol. The fourth-order valence-corrected chi connectivity index (χ4v) is 3.64. The van der Waals surface area contributed by atoms with Crippen LogP contribution in [0.25, 0.3) is 0 Å². The maximum atomic E-state index is 9.87. The quantitative estimate of drug-likeness (QED) is 0.724. The first-order valence-corrected chi connectivity index (χ1v) is 6.20. The number of hydrogen-bond acceptors (Lipinski definition) is 1. The van der Waals surface area contributed by atoms with Crippen molar-refractivity contribution in [2.45, 2.75) is 39.0 Å².